The van der Waals surface area contributed by atoms with E-state index < -0.39 is 9.84 Å². The van der Waals surface area contributed by atoms with Gasteiger partial charge in [0, 0.05) is 18.0 Å². The molecule has 0 saturated heterocycles. The molecule has 0 spiro atoms. The number of ether oxygens (including phenoxy) is 1. The first-order chi connectivity index (χ1) is 9.41. The van der Waals surface area contributed by atoms with Crippen molar-refractivity contribution in [3.05, 3.63) is 42.5 Å². The van der Waals surface area contributed by atoms with Crippen molar-refractivity contribution in [1.82, 2.24) is 0 Å². The fraction of sp³-hybridized carbons (Fsp3) is 0.143. The molecule has 0 saturated carbocycles. The van der Waals surface area contributed by atoms with Gasteiger partial charge in [0.1, 0.15) is 5.75 Å². The smallest absolute Gasteiger partial charge is 0.177 e. The highest BCUT2D eigenvalue weighted by molar-refractivity contribution is 7.90. The van der Waals surface area contributed by atoms with Crippen LogP contribution >= 0.6 is 0 Å². The lowest BCUT2D eigenvalue weighted by molar-refractivity contribution is 0.415. The molecule has 0 atom stereocenters. The zero-order valence-electron chi connectivity index (χ0n) is 11.3. The van der Waals surface area contributed by atoms with Crippen LogP contribution in [-0.2, 0) is 9.84 Å². The van der Waals surface area contributed by atoms with Gasteiger partial charge in [0.15, 0.2) is 9.84 Å². The van der Waals surface area contributed by atoms with Gasteiger partial charge in [0.25, 0.3) is 0 Å². The van der Waals surface area contributed by atoms with E-state index >= 15 is 0 Å². The van der Waals surface area contributed by atoms with Crippen molar-refractivity contribution in [3.63, 3.8) is 0 Å². The molecule has 106 valence electrons. The zero-order valence-corrected chi connectivity index (χ0v) is 12.1. The fourth-order valence-electron chi connectivity index (χ4n) is 1.83. The van der Waals surface area contributed by atoms with Crippen LogP contribution in [-0.4, -0.2) is 21.8 Å². The van der Waals surface area contributed by atoms with Crippen molar-refractivity contribution >= 4 is 26.9 Å². The van der Waals surface area contributed by atoms with Gasteiger partial charge in [0.2, 0.25) is 0 Å². The summed E-state index contributed by atoms with van der Waals surface area (Å²) in [5, 5.41) is 3.09. The summed E-state index contributed by atoms with van der Waals surface area (Å²) in [6, 6.07) is 12.2. The van der Waals surface area contributed by atoms with Crippen LogP contribution in [0, 0.1) is 0 Å². The minimum Gasteiger partial charge on any atom is -0.497 e. The molecule has 3 N–H and O–H groups in total. The van der Waals surface area contributed by atoms with E-state index in [4.69, 9.17) is 10.5 Å². The maximum atomic E-state index is 11.6. The van der Waals surface area contributed by atoms with Gasteiger partial charge >= 0.3 is 0 Å². The number of hydrogen-bond acceptors (Lipinski definition) is 5. The summed E-state index contributed by atoms with van der Waals surface area (Å²) in [6.45, 7) is 0. The first-order valence-electron chi connectivity index (χ1n) is 5.91. The van der Waals surface area contributed by atoms with Crippen LogP contribution in [0.3, 0.4) is 0 Å². The number of anilines is 3. The number of nitrogens with one attached hydrogen (secondary N) is 1. The molecule has 2 aromatic carbocycles. The normalized spacial score (nSPS) is 11.1. The van der Waals surface area contributed by atoms with Crippen LogP contribution in [0.5, 0.6) is 5.75 Å². The van der Waals surface area contributed by atoms with E-state index in [1.807, 2.05) is 18.2 Å². The van der Waals surface area contributed by atoms with Crippen molar-refractivity contribution in [1.29, 1.82) is 0 Å². The highest BCUT2D eigenvalue weighted by Gasteiger charge is 2.14. The van der Waals surface area contributed by atoms with Gasteiger partial charge in [-0.3, -0.25) is 0 Å². The minimum absolute atomic E-state index is 0.116. The lowest BCUT2D eigenvalue weighted by atomic mass is 10.2. The Labute approximate surface area is 118 Å². The minimum atomic E-state index is -3.35. The second-order valence-corrected chi connectivity index (χ2v) is 6.33. The number of para-hydroxylation sites is 1. The third-order valence-corrected chi connectivity index (χ3v) is 3.97. The molecular weight excluding hydrogens is 276 g/mol. The van der Waals surface area contributed by atoms with Crippen molar-refractivity contribution in [2.24, 2.45) is 0 Å². The molecule has 0 aliphatic rings. The van der Waals surface area contributed by atoms with E-state index in [2.05, 4.69) is 5.32 Å². The van der Waals surface area contributed by atoms with E-state index in [1.54, 1.807) is 25.3 Å². The molecular formula is C14H16N2O3S. The van der Waals surface area contributed by atoms with Crippen LogP contribution in [0.1, 0.15) is 0 Å². The van der Waals surface area contributed by atoms with Gasteiger partial charge in [-0.05, 0) is 24.3 Å². The zero-order chi connectivity index (χ0) is 14.8. The summed E-state index contributed by atoms with van der Waals surface area (Å²) >= 11 is 0. The average molecular weight is 292 g/mol. The van der Waals surface area contributed by atoms with Gasteiger partial charge in [-0.1, -0.05) is 12.1 Å². The van der Waals surface area contributed by atoms with Gasteiger partial charge < -0.3 is 15.8 Å². The third kappa shape index (κ3) is 3.03. The molecule has 0 heterocycles. The maximum absolute atomic E-state index is 11.6. The Kier molecular flexibility index (Phi) is 3.85. The summed E-state index contributed by atoms with van der Waals surface area (Å²) in [5.74, 6) is 0.702. The van der Waals surface area contributed by atoms with E-state index in [0.29, 0.717) is 11.4 Å². The topological polar surface area (TPSA) is 81.4 Å². The van der Waals surface area contributed by atoms with Gasteiger partial charge in [-0.2, -0.15) is 0 Å². The summed E-state index contributed by atoms with van der Waals surface area (Å²) in [7, 11) is -1.77. The highest BCUT2D eigenvalue weighted by Crippen LogP contribution is 2.30. The predicted molar refractivity (Wildman–Crippen MR) is 80.2 cm³/mol. The third-order valence-electron chi connectivity index (χ3n) is 2.81. The second kappa shape index (κ2) is 5.42. The lowest BCUT2D eigenvalue weighted by Gasteiger charge is -2.12. The Morgan fingerprint density at radius 3 is 2.50 bits per heavy atom. The van der Waals surface area contributed by atoms with E-state index in [1.165, 1.54) is 6.07 Å². The Morgan fingerprint density at radius 1 is 1.15 bits per heavy atom. The van der Waals surface area contributed by atoms with E-state index in [9.17, 15) is 8.42 Å². The van der Waals surface area contributed by atoms with Gasteiger partial charge in [-0.15, -0.1) is 0 Å². The number of hydrogen-bond donors (Lipinski definition) is 2. The molecule has 0 aromatic heterocycles. The first kappa shape index (κ1) is 14.2. The Bertz CT molecular complexity index is 727. The van der Waals surface area contributed by atoms with Crippen molar-refractivity contribution in [2.75, 3.05) is 24.4 Å². The molecule has 0 unspecified atom stereocenters. The van der Waals surface area contributed by atoms with E-state index in [-0.39, 0.29) is 10.6 Å². The molecule has 0 aliphatic carbocycles. The molecule has 20 heavy (non-hydrogen) atoms. The SMILES string of the molecule is COc1cccc(Nc2cccc(S(C)(=O)=O)c2N)c1. The quantitative estimate of drug-likeness (QED) is 0.846. The van der Waals surface area contributed by atoms with Crippen LogP contribution in [0.2, 0.25) is 0 Å². The van der Waals surface area contributed by atoms with Crippen molar-refractivity contribution in [3.8, 4) is 5.75 Å². The fourth-order valence-corrected chi connectivity index (χ4v) is 2.67. The number of nitrogen functional groups attached to an aromatic ring is 1. The van der Waals surface area contributed by atoms with Crippen LogP contribution in [0.25, 0.3) is 0 Å². The Morgan fingerprint density at radius 2 is 1.85 bits per heavy atom. The van der Waals surface area contributed by atoms with Crippen LogP contribution < -0.4 is 15.8 Å². The summed E-state index contributed by atoms with van der Waals surface area (Å²) < 4.78 is 28.4. The largest absolute Gasteiger partial charge is 0.497 e. The Hall–Kier alpha value is -2.21. The number of sulfone groups is 1. The molecule has 2 aromatic rings. The molecule has 0 bridgehead atoms. The molecule has 6 heteroatoms. The van der Waals surface area contributed by atoms with Crippen molar-refractivity contribution < 1.29 is 13.2 Å². The average Bonchev–Trinajstić information content (AvgIpc) is 2.40. The lowest BCUT2D eigenvalue weighted by Crippen LogP contribution is -2.05. The number of nitrogens with two attached hydrogens (primary N) is 1. The predicted octanol–water partition coefficient (Wildman–Crippen LogP) is 2.42. The van der Waals surface area contributed by atoms with Crippen LogP contribution in [0.4, 0.5) is 17.1 Å². The number of benzene rings is 2. The van der Waals surface area contributed by atoms with Crippen molar-refractivity contribution in [2.45, 2.75) is 4.90 Å². The molecule has 0 radical (unpaired) electrons. The monoisotopic (exact) mass is 292 g/mol. The van der Waals surface area contributed by atoms with Gasteiger partial charge in [-0.25, -0.2) is 8.42 Å². The summed E-state index contributed by atoms with van der Waals surface area (Å²) in [6.07, 6.45) is 1.13. The standard InChI is InChI=1S/C14H16N2O3S/c1-19-11-6-3-5-10(9-11)16-12-7-4-8-13(14(12)15)20(2,17)18/h3-9,16H,15H2,1-2H3. The highest BCUT2D eigenvalue weighted by atomic mass is 32.2. The number of rotatable bonds is 4. The first-order valence-corrected chi connectivity index (χ1v) is 7.80. The van der Waals surface area contributed by atoms with E-state index in [0.717, 1.165) is 11.9 Å². The molecule has 0 fully saturated rings. The molecule has 2 rings (SSSR count). The summed E-state index contributed by atoms with van der Waals surface area (Å²) in [4.78, 5) is 0.116. The maximum Gasteiger partial charge on any atom is 0.177 e. The Balaban J connectivity index is 2.39. The molecule has 0 amide bonds. The number of methoxy groups -OCH3 is 1. The second-order valence-electron chi connectivity index (χ2n) is 4.35. The molecule has 5 nitrogen and oxygen atoms in total. The van der Waals surface area contributed by atoms with Crippen LogP contribution in [0.15, 0.2) is 47.4 Å². The van der Waals surface area contributed by atoms with Gasteiger partial charge in [0.05, 0.1) is 23.4 Å². The molecule has 0 aliphatic heterocycles. The summed E-state index contributed by atoms with van der Waals surface area (Å²) in [5.41, 5.74) is 7.43.